The molecule has 0 radical (unpaired) electrons. The molecule has 3 aromatic rings. The fourth-order valence-corrected chi connectivity index (χ4v) is 3.54. The standard InChI is InChI=1S/C16H13BrN4S/c1-10-18-16-19-13(15-3-2-8-22-15)9-14(21(16)20-10)11-4-6-12(17)7-5-11/h2-9,14H,1H3,(H,18,19,20)/t14-/m1/s1. The molecule has 6 heteroatoms. The van der Waals surface area contributed by atoms with Crippen LogP contribution in [-0.2, 0) is 0 Å². The summed E-state index contributed by atoms with van der Waals surface area (Å²) in [5.74, 6) is 1.56. The maximum Gasteiger partial charge on any atom is 0.226 e. The van der Waals surface area contributed by atoms with E-state index in [2.05, 4.69) is 79.2 Å². The van der Waals surface area contributed by atoms with Crippen molar-refractivity contribution in [1.82, 2.24) is 14.8 Å². The van der Waals surface area contributed by atoms with Gasteiger partial charge in [0, 0.05) is 4.47 Å². The zero-order chi connectivity index (χ0) is 15.1. The van der Waals surface area contributed by atoms with Gasteiger partial charge in [0.1, 0.15) is 11.9 Å². The third-order valence-corrected chi connectivity index (χ3v) is 5.00. The molecular formula is C16H13BrN4S. The minimum atomic E-state index is 0.0441. The summed E-state index contributed by atoms with van der Waals surface area (Å²) in [6.07, 6.45) is 2.20. The number of halogens is 1. The van der Waals surface area contributed by atoms with Gasteiger partial charge in [-0.25, -0.2) is 4.68 Å². The largest absolute Gasteiger partial charge is 0.323 e. The van der Waals surface area contributed by atoms with Gasteiger partial charge in [-0.05, 0) is 42.1 Å². The summed E-state index contributed by atoms with van der Waals surface area (Å²) < 4.78 is 3.01. The Labute approximate surface area is 140 Å². The van der Waals surface area contributed by atoms with Crippen LogP contribution in [0.4, 0.5) is 5.95 Å². The zero-order valence-electron chi connectivity index (χ0n) is 11.8. The minimum absolute atomic E-state index is 0.0441. The molecule has 4 rings (SSSR count). The number of anilines is 1. The van der Waals surface area contributed by atoms with Crippen molar-refractivity contribution in [3.05, 3.63) is 68.6 Å². The molecule has 2 aromatic heterocycles. The number of rotatable bonds is 2. The monoisotopic (exact) mass is 372 g/mol. The number of thiophene rings is 1. The van der Waals surface area contributed by atoms with E-state index in [-0.39, 0.29) is 6.04 Å². The molecule has 0 fully saturated rings. The molecule has 22 heavy (non-hydrogen) atoms. The van der Waals surface area contributed by atoms with Crippen LogP contribution in [-0.4, -0.2) is 14.8 Å². The quantitative estimate of drug-likeness (QED) is 0.721. The minimum Gasteiger partial charge on any atom is -0.323 e. The van der Waals surface area contributed by atoms with Crippen LogP contribution < -0.4 is 5.32 Å². The summed E-state index contributed by atoms with van der Waals surface area (Å²) in [5, 5.41) is 10.0. The van der Waals surface area contributed by atoms with Crippen molar-refractivity contribution < 1.29 is 0 Å². The zero-order valence-corrected chi connectivity index (χ0v) is 14.2. The molecule has 4 nitrogen and oxygen atoms in total. The van der Waals surface area contributed by atoms with Gasteiger partial charge in [-0.15, -0.1) is 11.3 Å². The first-order valence-electron chi connectivity index (χ1n) is 6.92. The summed E-state index contributed by atoms with van der Waals surface area (Å²) in [5.41, 5.74) is 2.27. The van der Waals surface area contributed by atoms with Crippen molar-refractivity contribution in [3.8, 4) is 0 Å². The SMILES string of the molecule is Cc1nc2n(n1)[C@@H](c1ccc(Br)cc1)C=C(c1cccs1)N2. The number of fused-ring (bicyclic) bond motifs is 1. The number of nitrogens with one attached hydrogen (secondary N) is 1. The normalized spacial score (nSPS) is 16.8. The molecule has 0 saturated heterocycles. The van der Waals surface area contributed by atoms with Crippen LogP contribution in [0.2, 0.25) is 0 Å². The van der Waals surface area contributed by atoms with Crippen LogP contribution >= 0.6 is 27.3 Å². The van der Waals surface area contributed by atoms with Crippen molar-refractivity contribution in [2.24, 2.45) is 0 Å². The molecule has 1 N–H and O–H groups in total. The lowest BCUT2D eigenvalue weighted by molar-refractivity contribution is 0.607. The van der Waals surface area contributed by atoms with Crippen LogP contribution in [0.5, 0.6) is 0 Å². The second kappa shape index (κ2) is 5.37. The molecule has 0 unspecified atom stereocenters. The molecule has 0 spiro atoms. The van der Waals surface area contributed by atoms with Gasteiger partial charge in [-0.1, -0.05) is 34.1 Å². The van der Waals surface area contributed by atoms with E-state index >= 15 is 0 Å². The predicted octanol–water partition coefficient (Wildman–Crippen LogP) is 4.47. The van der Waals surface area contributed by atoms with Gasteiger partial charge in [-0.3, -0.25) is 0 Å². The summed E-state index contributed by atoms with van der Waals surface area (Å²) in [4.78, 5) is 5.70. The number of aromatic nitrogens is 3. The lowest BCUT2D eigenvalue weighted by atomic mass is 10.0. The van der Waals surface area contributed by atoms with E-state index in [4.69, 9.17) is 0 Å². The molecule has 110 valence electrons. The van der Waals surface area contributed by atoms with Crippen molar-refractivity contribution in [1.29, 1.82) is 0 Å². The van der Waals surface area contributed by atoms with E-state index in [1.165, 1.54) is 10.4 Å². The van der Waals surface area contributed by atoms with E-state index < -0.39 is 0 Å². The fraction of sp³-hybridized carbons (Fsp3) is 0.125. The van der Waals surface area contributed by atoms with Crippen molar-refractivity contribution in [3.63, 3.8) is 0 Å². The number of benzene rings is 1. The first-order chi connectivity index (χ1) is 10.7. The molecule has 1 aliphatic rings. The van der Waals surface area contributed by atoms with Gasteiger partial charge in [0.05, 0.1) is 10.6 Å². The molecule has 1 atom stereocenters. The van der Waals surface area contributed by atoms with Gasteiger partial charge in [0.2, 0.25) is 5.95 Å². The third kappa shape index (κ3) is 2.38. The Morgan fingerprint density at radius 2 is 2.05 bits per heavy atom. The average Bonchev–Trinajstić information content (AvgIpc) is 3.15. The Bertz CT molecular complexity index is 834. The lowest BCUT2D eigenvalue weighted by Crippen LogP contribution is -2.19. The molecule has 0 amide bonds. The van der Waals surface area contributed by atoms with Gasteiger partial charge >= 0.3 is 0 Å². The van der Waals surface area contributed by atoms with Crippen LogP contribution in [0.25, 0.3) is 5.70 Å². The second-order valence-corrected chi connectivity index (χ2v) is 6.97. The maximum absolute atomic E-state index is 4.54. The second-order valence-electron chi connectivity index (χ2n) is 5.11. The highest BCUT2D eigenvalue weighted by molar-refractivity contribution is 9.10. The first-order valence-corrected chi connectivity index (χ1v) is 8.59. The Kier molecular flexibility index (Phi) is 3.35. The van der Waals surface area contributed by atoms with Gasteiger partial charge in [0.15, 0.2) is 0 Å². The summed E-state index contributed by atoms with van der Waals surface area (Å²) >= 11 is 5.20. The van der Waals surface area contributed by atoms with E-state index in [0.29, 0.717) is 0 Å². The highest BCUT2D eigenvalue weighted by Gasteiger charge is 2.24. The number of allylic oxidation sites excluding steroid dienone is 1. The van der Waals surface area contributed by atoms with E-state index in [1.807, 2.05) is 11.6 Å². The van der Waals surface area contributed by atoms with Crippen LogP contribution in [0.1, 0.15) is 22.3 Å². The van der Waals surface area contributed by atoms with Crippen LogP contribution in [0.15, 0.2) is 52.3 Å². The number of hydrogen-bond acceptors (Lipinski definition) is 4. The highest BCUT2D eigenvalue weighted by Crippen LogP contribution is 2.34. The molecule has 0 aliphatic carbocycles. The molecule has 1 aliphatic heterocycles. The lowest BCUT2D eigenvalue weighted by Gasteiger charge is -2.23. The number of hydrogen-bond donors (Lipinski definition) is 1. The van der Waals surface area contributed by atoms with Crippen LogP contribution in [0.3, 0.4) is 0 Å². The smallest absolute Gasteiger partial charge is 0.226 e. The Morgan fingerprint density at radius 3 is 2.77 bits per heavy atom. The summed E-state index contributed by atoms with van der Waals surface area (Å²) in [6, 6.07) is 12.6. The topological polar surface area (TPSA) is 42.7 Å². The average molecular weight is 373 g/mol. The van der Waals surface area contributed by atoms with Gasteiger partial charge in [0.25, 0.3) is 0 Å². The van der Waals surface area contributed by atoms with Crippen LogP contribution in [0, 0.1) is 6.92 Å². The Balaban J connectivity index is 1.84. The number of nitrogens with zero attached hydrogens (tertiary/aromatic N) is 3. The molecular weight excluding hydrogens is 360 g/mol. The van der Waals surface area contributed by atoms with E-state index in [9.17, 15) is 0 Å². The van der Waals surface area contributed by atoms with Crippen molar-refractivity contribution in [2.75, 3.05) is 5.32 Å². The molecule has 1 aromatic carbocycles. The van der Waals surface area contributed by atoms with Gasteiger partial charge < -0.3 is 5.32 Å². The Hall–Kier alpha value is -1.92. The summed E-state index contributed by atoms with van der Waals surface area (Å²) in [7, 11) is 0. The van der Waals surface area contributed by atoms with Crippen molar-refractivity contribution in [2.45, 2.75) is 13.0 Å². The summed E-state index contributed by atoms with van der Waals surface area (Å²) in [6.45, 7) is 1.91. The fourth-order valence-electron chi connectivity index (χ4n) is 2.57. The van der Waals surface area contributed by atoms with E-state index in [0.717, 1.165) is 21.9 Å². The Morgan fingerprint density at radius 1 is 1.23 bits per heavy atom. The maximum atomic E-state index is 4.54. The van der Waals surface area contributed by atoms with Gasteiger partial charge in [-0.2, -0.15) is 10.1 Å². The van der Waals surface area contributed by atoms with E-state index in [1.54, 1.807) is 11.3 Å². The first kappa shape index (κ1) is 13.7. The highest BCUT2D eigenvalue weighted by atomic mass is 79.9. The molecule has 3 heterocycles. The third-order valence-electron chi connectivity index (χ3n) is 3.57. The molecule has 0 bridgehead atoms. The number of aryl methyl sites for hydroxylation is 1. The van der Waals surface area contributed by atoms with Crippen molar-refractivity contribution >= 4 is 38.9 Å². The molecule has 0 saturated carbocycles. The predicted molar refractivity (Wildman–Crippen MR) is 93.0 cm³/mol.